The van der Waals surface area contributed by atoms with Crippen LogP contribution in [0.3, 0.4) is 0 Å². The van der Waals surface area contributed by atoms with Crippen LogP contribution in [0.2, 0.25) is 0 Å². The number of carbonyl (C=O) groups is 2. The minimum absolute atomic E-state index is 0.0134. The summed E-state index contributed by atoms with van der Waals surface area (Å²) in [5.74, 6) is -3.42. The van der Waals surface area contributed by atoms with Gasteiger partial charge < -0.3 is 34.3 Å². The molecule has 0 bridgehead atoms. The lowest BCUT2D eigenvalue weighted by Gasteiger charge is -2.30. The van der Waals surface area contributed by atoms with Crippen LogP contribution in [0.15, 0.2) is 59.2 Å². The normalized spacial score (nSPS) is 15.2. The molecule has 1 aromatic heterocycles. The van der Waals surface area contributed by atoms with Gasteiger partial charge in [0.2, 0.25) is 6.33 Å². The highest BCUT2D eigenvalue weighted by atomic mass is 16.9. The first kappa shape index (κ1) is 26.8. The van der Waals surface area contributed by atoms with Gasteiger partial charge in [-0.25, -0.2) is 9.59 Å². The zero-order valence-electron chi connectivity index (χ0n) is 20.3. The van der Waals surface area contributed by atoms with Gasteiger partial charge in [0, 0.05) is 24.9 Å². The van der Waals surface area contributed by atoms with Crippen LogP contribution in [0, 0.1) is 20.2 Å². The second-order valence-corrected chi connectivity index (χ2v) is 8.06. The van der Waals surface area contributed by atoms with Gasteiger partial charge in [-0.05, 0) is 29.3 Å². The van der Waals surface area contributed by atoms with Gasteiger partial charge in [0.1, 0.15) is 12.3 Å². The molecule has 2 aromatic rings. The van der Waals surface area contributed by atoms with E-state index in [4.69, 9.17) is 9.47 Å². The van der Waals surface area contributed by atoms with Crippen LogP contribution >= 0.6 is 0 Å². The van der Waals surface area contributed by atoms with Crippen molar-refractivity contribution in [3.05, 3.63) is 90.7 Å². The highest BCUT2D eigenvalue weighted by Gasteiger charge is 2.43. The monoisotopic (exact) mass is 515 g/mol. The summed E-state index contributed by atoms with van der Waals surface area (Å²) in [5, 5.41) is 24.1. The standard InChI is InChI=1S/C23H25N5O9/c1-14-17(22(29)35-10-7-11-37-28(33)34)19(20-21(27(31)32)24-13-26(20)3)18(15(2)25-14)23(30)36-12-16-8-5-4-6-9-16/h4-6,8-9,13,19,25H,7,10-12H2,1-3H3. The molecule has 0 spiro atoms. The third kappa shape index (κ3) is 6.28. The van der Waals surface area contributed by atoms with Gasteiger partial charge in [0.15, 0.2) is 0 Å². The number of nitrogens with zero attached hydrogens (tertiary/aromatic N) is 4. The maximum atomic E-state index is 13.3. The number of aryl methyl sites for hydroxylation is 1. The van der Waals surface area contributed by atoms with E-state index in [9.17, 15) is 29.8 Å². The lowest BCUT2D eigenvalue weighted by molar-refractivity contribution is -0.757. The van der Waals surface area contributed by atoms with Gasteiger partial charge in [0.25, 0.3) is 5.09 Å². The molecule has 37 heavy (non-hydrogen) atoms. The Labute approximate surface area is 210 Å². The number of benzene rings is 1. The number of rotatable bonds is 11. The second-order valence-electron chi connectivity index (χ2n) is 8.06. The fraction of sp³-hybridized carbons (Fsp3) is 0.348. The molecule has 1 aliphatic heterocycles. The number of hydrogen-bond donors (Lipinski definition) is 1. The second kappa shape index (κ2) is 11.8. The van der Waals surface area contributed by atoms with Crippen LogP contribution in [0.5, 0.6) is 0 Å². The third-order valence-corrected chi connectivity index (χ3v) is 5.54. The predicted molar refractivity (Wildman–Crippen MR) is 126 cm³/mol. The molecular formula is C23H25N5O9. The van der Waals surface area contributed by atoms with Gasteiger partial charge in [0.05, 0.1) is 30.3 Å². The quantitative estimate of drug-likeness (QED) is 0.201. The first-order valence-corrected chi connectivity index (χ1v) is 11.1. The summed E-state index contributed by atoms with van der Waals surface area (Å²) in [4.78, 5) is 56.0. The van der Waals surface area contributed by atoms with Crippen molar-refractivity contribution in [1.29, 1.82) is 0 Å². The Morgan fingerprint density at radius 2 is 1.65 bits per heavy atom. The summed E-state index contributed by atoms with van der Waals surface area (Å²) in [5.41, 5.74) is 1.29. The van der Waals surface area contributed by atoms with Crippen molar-refractivity contribution in [2.24, 2.45) is 7.05 Å². The molecule has 2 heterocycles. The highest BCUT2D eigenvalue weighted by Crippen LogP contribution is 2.42. The third-order valence-electron chi connectivity index (χ3n) is 5.54. The molecule has 0 saturated heterocycles. The van der Waals surface area contributed by atoms with Crippen LogP contribution in [0.4, 0.5) is 5.82 Å². The molecule has 1 atom stereocenters. The Hall–Kier alpha value is -4.75. The number of aromatic nitrogens is 2. The molecule has 0 aliphatic carbocycles. The summed E-state index contributed by atoms with van der Waals surface area (Å²) in [6.45, 7) is 2.59. The van der Waals surface area contributed by atoms with Crippen LogP contribution in [-0.2, 0) is 37.6 Å². The number of esters is 2. The van der Waals surface area contributed by atoms with E-state index < -0.39 is 33.7 Å². The lowest BCUT2D eigenvalue weighted by Crippen LogP contribution is -2.33. The number of allylic oxidation sites excluding steroid dienone is 2. The Bertz CT molecular complexity index is 1270. The fourth-order valence-electron chi connectivity index (χ4n) is 3.95. The van der Waals surface area contributed by atoms with Gasteiger partial charge >= 0.3 is 17.8 Å². The maximum Gasteiger partial charge on any atom is 0.385 e. The van der Waals surface area contributed by atoms with Crippen molar-refractivity contribution in [1.82, 2.24) is 14.9 Å². The minimum Gasteiger partial charge on any atom is -0.462 e. The first-order valence-electron chi connectivity index (χ1n) is 11.1. The molecule has 196 valence electrons. The predicted octanol–water partition coefficient (Wildman–Crippen LogP) is 2.45. The zero-order valence-corrected chi connectivity index (χ0v) is 20.3. The zero-order chi connectivity index (χ0) is 27.1. The molecule has 0 saturated carbocycles. The van der Waals surface area contributed by atoms with Crippen LogP contribution in [0.1, 0.15) is 37.4 Å². The topological polar surface area (TPSA) is 178 Å². The summed E-state index contributed by atoms with van der Waals surface area (Å²) < 4.78 is 12.2. The van der Waals surface area contributed by atoms with Crippen molar-refractivity contribution in [2.75, 3.05) is 13.2 Å². The number of nitrogens with one attached hydrogen (secondary N) is 1. The van der Waals surface area contributed by atoms with E-state index in [0.29, 0.717) is 11.4 Å². The van der Waals surface area contributed by atoms with Gasteiger partial charge in [-0.2, -0.15) is 0 Å². The van der Waals surface area contributed by atoms with Crippen molar-refractivity contribution in [2.45, 2.75) is 32.8 Å². The average molecular weight is 515 g/mol. The number of dihydropyridines is 1. The Balaban J connectivity index is 1.97. The molecule has 0 amide bonds. The molecule has 0 radical (unpaired) electrons. The summed E-state index contributed by atoms with van der Waals surface area (Å²) in [7, 11) is 1.51. The van der Waals surface area contributed by atoms with Crippen molar-refractivity contribution >= 4 is 17.8 Å². The van der Waals surface area contributed by atoms with Crippen molar-refractivity contribution in [3.8, 4) is 0 Å². The first-order chi connectivity index (χ1) is 17.6. The van der Waals surface area contributed by atoms with Crippen LogP contribution < -0.4 is 5.32 Å². The van der Waals surface area contributed by atoms with E-state index in [1.165, 1.54) is 17.9 Å². The fourth-order valence-corrected chi connectivity index (χ4v) is 3.95. The minimum atomic E-state index is -1.24. The highest BCUT2D eigenvalue weighted by molar-refractivity contribution is 6.00. The number of hydrogen-bond acceptors (Lipinski definition) is 11. The van der Waals surface area contributed by atoms with E-state index in [1.807, 2.05) is 6.07 Å². The number of ether oxygens (including phenoxy) is 2. The Kier molecular flexibility index (Phi) is 8.55. The SMILES string of the molecule is CC1=C(C(=O)OCCCO[N+](=O)[O-])C(c2c([N+](=O)[O-])ncn2C)C(C(=O)OCc2ccccc2)=C(C)N1. The van der Waals surface area contributed by atoms with Crippen molar-refractivity contribution in [3.63, 3.8) is 0 Å². The number of nitro groups is 1. The van der Waals surface area contributed by atoms with Gasteiger partial charge in [-0.1, -0.05) is 30.3 Å². The number of carbonyl (C=O) groups excluding carboxylic acids is 2. The molecule has 1 aliphatic rings. The molecule has 14 nitrogen and oxygen atoms in total. The molecule has 1 unspecified atom stereocenters. The lowest BCUT2D eigenvalue weighted by atomic mass is 9.82. The van der Waals surface area contributed by atoms with Crippen molar-refractivity contribution < 1.29 is 33.9 Å². The van der Waals surface area contributed by atoms with E-state index in [2.05, 4.69) is 15.1 Å². The van der Waals surface area contributed by atoms with E-state index in [-0.39, 0.29) is 43.1 Å². The Morgan fingerprint density at radius 3 is 2.24 bits per heavy atom. The molecular weight excluding hydrogens is 490 g/mol. The summed E-state index contributed by atoms with van der Waals surface area (Å²) in [6.07, 6.45) is 1.24. The maximum absolute atomic E-state index is 13.3. The Morgan fingerprint density at radius 1 is 1.03 bits per heavy atom. The smallest absolute Gasteiger partial charge is 0.385 e. The average Bonchev–Trinajstić information content (AvgIpc) is 3.23. The van der Waals surface area contributed by atoms with Gasteiger partial charge in [-0.3, -0.25) is 0 Å². The molecule has 0 fully saturated rings. The van der Waals surface area contributed by atoms with E-state index >= 15 is 0 Å². The summed E-state index contributed by atoms with van der Waals surface area (Å²) >= 11 is 0. The van der Waals surface area contributed by atoms with E-state index in [1.54, 1.807) is 38.1 Å². The van der Waals surface area contributed by atoms with Crippen LogP contribution in [0.25, 0.3) is 0 Å². The number of imidazole rings is 1. The molecule has 3 rings (SSSR count). The molecule has 1 N–H and O–H groups in total. The molecule has 1 aromatic carbocycles. The summed E-state index contributed by atoms with van der Waals surface area (Å²) in [6, 6.07) is 8.93. The largest absolute Gasteiger partial charge is 0.462 e. The van der Waals surface area contributed by atoms with Gasteiger partial charge in [-0.15, -0.1) is 10.1 Å². The van der Waals surface area contributed by atoms with E-state index in [0.717, 1.165) is 5.56 Å². The molecule has 14 heteroatoms. The van der Waals surface area contributed by atoms with Crippen LogP contribution in [-0.4, -0.2) is 44.7 Å².